The molecule has 0 bridgehead atoms. The SMILES string of the molecule is Cc1nc(Nc2ccc3c(c2)OCCO3)cc(C(=O)NCc2cccnc2)n1. The smallest absolute Gasteiger partial charge is 0.270 e. The maximum Gasteiger partial charge on any atom is 0.270 e. The number of fused-ring (bicyclic) bond motifs is 1. The number of benzene rings is 1. The lowest BCUT2D eigenvalue weighted by Crippen LogP contribution is -2.24. The molecule has 0 saturated carbocycles. The van der Waals surface area contributed by atoms with E-state index in [4.69, 9.17) is 9.47 Å². The maximum absolute atomic E-state index is 12.5. The summed E-state index contributed by atoms with van der Waals surface area (Å²) in [6.45, 7) is 3.18. The molecule has 142 valence electrons. The first-order valence-electron chi connectivity index (χ1n) is 8.87. The molecule has 3 heterocycles. The topological polar surface area (TPSA) is 98.3 Å². The first-order chi connectivity index (χ1) is 13.7. The second-order valence-electron chi connectivity index (χ2n) is 6.21. The van der Waals surface area contributed by atoms with E-state index in [0.717, 1.165) is 11.3 Å². The van der Waals surface area contributed by atoms with Gasteiger partial charge in [0, 0.05) is 36.8 Å². The van der Waals surface area contributed by atoms with Crippen molar-refractivity contribution in [3.63, 3.8) is 0 Å². The van der Waals surface area contributed by atoms with Gasteiger partial charge in [-0.25, -0.2) is 9.97 Å². The number of carbonyl (C=O) groups excluding carboxylic acids is 1. The molecule has 0 atom stereocenters. The molecule has 8 heteroatoms. The van der Waals surface area contributed by atoms with E-state index in [2.05, 4.69) is 25.6 Å². The zero-order valence-corrected chi connectivity index (χ0v) is 15.3. The standard InChI is InChI=1S/C20H19N5O3/c1-13-23-16(20(26)22-12-14-3-2-6-21-11-14)10-19(24-13)25-15-4-5-17-18(9-15)28-8-7-27-17/h2-6,9-11H,7-8,12H2,1H3,(H,22,26)(H,23,24,25). The van der Waals surface area contributed by atoms with E-state index in [1.54, 1.807) is 25.4 Å². The summed E-state index contributed by atoms with van der Waals surface area (Å²) >= 11 is 0. The lowest BCUT2D eigenvalue weighted by Gasteiger charge is -2.19. The number of amides is 1. The van der Waals surface area contributed by atoms with Crippen LogP contribution in [0.3, 0.4) is 0 Å². The summed E-state index contributed by atoms with van der Waals surface area (Å²) < 4.78 is 11.1. The second kappa shape index (κ2) is 7.91. The largest absolute Gasteiger partial charge is 0.486 e. The zero-order chi connectivity index (χ0) is 19.3. The Balaban J connectivity index is 1.48. The third kappa shape index (κ3) is 4.17. The van der Waals surface area contributed by atoms with E-state index in [1.807, 2.05) is 30.3 Å². The van der Waals surface area contributed by atoms with Crippen molar-refractivity contribution in [3.05, 3.63) is 65.9 Å². The van der Waals surface area contributed by atoms with Gasteiger partial charge >= 0.3 is 0 Å². The molecule has 0 spiro atoms. The predicted octanol–water partition coefficient (Wildman–Crippen LogP) is 2.62. The highest BCUT2D eigenvalue weighted by Gasteiger charge is 2.14. The molecule has 1 aliphatic heterocycles. The Bertz CT molecular complexity index is 994. The second-order valence-corrected chi connectivity index (χ2v) is 6.21. The molecule has 4 rings (SSSR count). The van der Waals surface area contributed by atoms with Crippen LogP contribution in [0, 0.1) is 6.92 Å². The fraction of sp³-hybridized carbons (Fsp3) is 0.200. The Morgan fingerprint density at radius 3 is 2.79 bits per heavy atom. The summed E-state index contributed by atoms with van der Waals surface area (Å²) in [6, 6.07) is 10.9. The predicted molar refractivity (Wildman–Crippen MR) is 103 cm³/mol. The van der Waals surface area contributed by atoms with Gasteiger partial charge in [0.25, 0.3) is 5.91 Å². The number of rotatable bonds is 5. The normalized spacial score (nSPS) is 12.3. The van der Waals surface area contributed by atoms with Crippen LogP contribution in [-0.4, -0.2) is 34.1 Å². The van der Waals surface area contributed by atoms with E-state index in [0.29, 0.717) is 42.9 Å². The molecule has 0 unspecified atom stereocenters. The Labute approximate surface area is 162 Å². The molecular formula is C20H19N5O3. The molecule has 2 aromatic heterocycles. The fourth-order valence-electron chi connectivity index (χ4n) is 2.79. The average molecular weight is 377 g/mol. The number of aryl methyl sites for hydroxylation is 1. The van der Waals surface area contributed by atoms with Crippen molar-refractivity contribution in [1.82, 2.24) is 20.3 Å². The van der Waals surface area contributed by atoms with Crippen LogP contribution in [0.5, 0.6) is 11.5 Å². The molecule has 2 N–H and O–H groups in total. The summed E-state index contributed by atoms with van der Waals surface area (Å²) in [4.78, 5) is 25.1. The third-order valence-electron chi connectivity index (χ3n) is 4.06. The van der Waals surface area contributed by atoms with Crippen molar-refractivity contribution in [1.29, 1.82) is 0 Å². The summed E-state index contributed by atoms with van der Waals surface area (Å²) in [5.74, 6) is 2.13. The fourth-order valence-corrected chi connectivity index (χ4v) is 2.79. The Kier molecular flexibility index (Phi) is 5.01. The first kappa shape index (κ1) is 17.7. The van der Waals surface area contributed by atoms with Crippen LogP contribution in [0.25, 0.3) is 0 Å². The highest BCUT2D eigenvalue weighted by atomic mass is 16.6. The number of ether oxygens (including phenoxy) is 2. The van der Waals surface area contributed by atoms with Crippen molar-refractivity contribution >= 4 is 17.4 Å². The minimum atomic E-state index is -0.278. The van der Waals surface area contributed by atoms with E-state index in [9.17, 15) is 4.79 Å². The van der Waals surface area contributed by atoms with Gasteiger partial charge in [0.15, 0.2) is 11.5 Å². The summed E-state index contributed by atoms with van der Waals surface area (Å²) in [7, 11) is 0. The number of nitrogens with zero attached hydrogens (tertiary/aromatic N) is 3. The van der Waals surface area contributed by atoms with Gasteiger partial charge < -0.3 is 20.1 Å². The van der Waals surface area contributed by atoms with Crippen molar-refractivity contribution in [2.45, 2.75) is 13.5 Å². The van der Waals surface area contributed by atoms with Gasteiger partial charge in [-0.15, -0.1) is 0 Å². The van der Waals surface area contributed by atoms with Crippen molar-refractivity contribution < 1.29 is 14.3 Å². The van der Waals surface area contributed by atoms with Crippen LogP contribution in [0.15, 0.2) is 48.8 Å². The van der Waals surface area contributed by atoms with E-state index >= 15 is 0 Å². The molecule has 0 saturated heterocycles. The van der Waals surface area contributed by atoms with Crippen LogP contribution in [0.4, 0.5) is 11.5 Å². The summed E-state index contributed by atoms with van der Waals surface area (Å²) in [5, 5.41) is 6.03. The first-order valence-corrected chi connectivity index (χ1v) is 8.87. The minimum Gasteiger partial charge on any atom is -0.486 e. The molecule has 28 heavy (non-hydrogen) atoms. The number of pyridine rings is 1. The number of hydrogen-bond acceptors (Lipinski definition) is 7. The molecule has 8 nitrogen and oxygen atoms in total. The molecule has 0 fully saturated rings. The number of aromatic nitrogens is 3. The number of anilines is 2. The highest BCUT2D eigenvalue weighted by Crippen LogP contribution is 2.33. The minimum absolute atomic E-state index is 0.278. The number of hydrogen-bond donors (Lipinski definition) is 2. The van der Waals surface area contributed by atoms with Gasteiger partial charge in [0.2, 0.25) is 0 Å². The quantitative estimate of drug-likeness (QED) is 0.705. The monoisotopic (exact) mass is 377 g/mol. The van der Waals surface area contributed by atoms with Gasteiger partial charge in [-0.1, -0.05) is 6.07 Å². The number of nitrogens with one attached hydrogen (secondary N) is 2. The average Bonchev–Trinajstić information content (AvgIpc) is 2.72. The van der Waals surface area contributed by atoms with Crippen molar-refractivity contribution in [2.75, 3.05) is 18.5 Å². The van der Waals surface area contributed by atoms with Crippen LogP contribution < -0.4 is 20.1 Å². The molecule has 0 radical (unpaired) electrons. The number of carbonyl (C=O) groups is 1. The molecule has 3 aromatic rings. The lowest BCUT2D eigenvalue weighted by atomic mass is 10.2. The van der Waals surface area contributed by atoms with Crippen LogP contribution in [-0.2, 0) is 6.54 Å². The van der Waals surface area contributed by atoms with Crippen molar-refractivity contribution in [2.24, 2.45) is 0 Å². The highest BCUT2D eigenvalue weighted by molar-refractivity contribution is 5.93. The van der Waals surface area contributed by atoms with Gasteiger partial charge in [0.05, 0.1) is 0 Å². The van der Waals surface area contributed by atoms with Gasteiger partial charge in [-0.05, 0) is 30.7 Å². The Morgan fingerprint density at radius 2 is 1.96 bits per heavy atom. The van der Waals surface area contributed by atoms with Crippen LogP contribution in [0.1, 0.15) is 21.9 Å². The van der Waals surface area contributed by atoms with Crippen LogP contribution in [0.2, 0.25) is 0 Å². The third-order valence-corrected chi connectivity index (χ3v) is 4.06. The Hall–Kier alpha value is -3.68. The van der Waals surface area contributed by atoms with Crippen LogP contribution >= 0.6 is 0 Å². The van der Waals surface area contributed by atoms with E-state index in [1.165, 1.54) is 0 Å². The molecular weight excluding hydrogens is 358 g/mol. The van der Waals surface area contributed by atoms with Gasteiger partial charge in [-0.3, -0.25) is 9.78 Å². The van der Waals surface area contributed by atoms with E-state index < -0.39 is 0 Å². The Morgan fingerprint density at radius 1 is 1.11 bits per heavy atom. The molecule has 1 amide bonds. The lowest BCUT2D eigenvalue weighted by molar-refractivity contribution is 0.0945. The van der Waals surface area contributed by atoms with Gasteiger partial charge in [0.1, 0.15) is 30.5 Å². The summed E-state index contributed by atoms with van der Waals surface area (Å²) in [6.07, 6.45) is 3.40. The van der Waals surface area contributed by atoms with Crippen molar-refractivity contribution in [3.8, 4) is 11.5 Å². The van der Waals surface area contributed by atoms with Gasteiger partial charge in [-0.2, -0.15) is 0 Å². The van der Waals surface area contributed by atoms with E-state index in [-0.39, 0.29) is 11.6 Å². The maximum atomic E-state index is 12.5. The zero-order valence-electron chi connectivity index (χ0n) is 15.3. The molecule has 1 aromatic carbocycles. The molecule has 0 aliphatic carbocycles. The molecule has 1 aliphatic rings. The summed E-state index contributed by atoms with van der Waals surface area (Å²) in [5.41, 5.74) is 1.98.